The van der Waals surface area contributed by atoms with Crippen molar-refractivity contribution < 1.29 is 9.53 Å². The lowest BCUT2D eigenvalue weighted by atomic mass is 10.0. The average Bonchev–Trinajstić information content (AvgIpc) is 2.86. The van der Waals surface area contributed by atoms with Crippen molar-refractivity contribution in [2.45, 2.75) is 12.8 Å². The Bertz CT molecular complexity index is 850. The number of benzene rings is 2. The van der Waals surface area contributed by atoms with Crippen LogP contribution in [-0.2, 0) is 23.0 Å². The summed E-state index contributed by atoms with van der Waals surface area (Å²) < 4.78 is 6.96. The van der Waals surface area contributed by atoms with Gasteiger partial charge in [-0.1, -0.05) is 41.9 Å². The van der Waals surface area contributed by atoms with Gasteiger partial charge in [-0.25, -0.2) is 0 Å². The maximum Gasteiger partial charge on any atom is 0.305 e. The topological polar surface area (TPSA) is 31.2 Å². The highest BCUT2D eigenvalue weighted by molar-refractivity contribution is 6.30. The fourth-order valence-electron chi connectivity index (χ4n) is 3.03. The maximum atomic E-state index is 11.6. The standard InChI is InChI=1S/C19H18ClNO2/c1-21-17-6-4-3-5-15(17)16(11-12-18(22)23-2)19(21)13-7-9-14(20)10-8-13/h3-10H,11-12H2,1-2H3. The van der Waals surface area contributed by atoms with Gasteiger partial charge < -0.3 is 9.30 Å². The summed E-state index contributed by atoms with van der Waals surface area (Å²) in [4.78, 5) is 11.6. The molecule has 4 heteroatoms. The number of fused-ring (bicyclic) bond motifs is 1. The molecular weight excluding hydrogens is 310 g/mol. The first-order valence-electron chi connectivity index (χ1n) is 7.51. The smallest absolute Gasteiger partial charge is 0.305 e. The molecule has 23 heavy (non-hydrogen) atoms. The maximum absolute atomic E-state index is 11.6. The van der Waals surface area contributed by atoms with E-state index in [1.54, 1.807) is 0 Å². The van der Waals surface area contributed by atoms with Gasteiger partial charge >= 0.3 is 5.97 Å². The highest BCUT2D eigenvalue weighted by atomic mass is 35.5. The first-order chi connectivity index (χ1) is 11.1. The van der Waals surface area contributed by atoms with Gasteiger partial charge in [-0.3, -0.25) is 4.79 Å². The number of hydrogen-bond donors (Lipinski definition) is 0. The van der Waals surface area contributed by atoms with Crippen molar-refractivity contribution in [2.24, 2.45) is 7.05 Å². The van der Waals surface area contributed by atoms with Crippen LogP contribution in [0.3, 0.4) is 0 Å². The van der Waals surface area contributed by atoms with Crippen LogP contribution in [0, 0.1) is 0 Å². The van der Waals surface area contributed by atoms with E-state index in [-0.39, 0.29) is 5.97 Å². The molecule has 1 heterocycles. The molecule has 0 N–H and O–H groups in total. The number of carbonyl (C=O) groups is 1. The normalized spacial score (nSPS) is 10.9. The Morgan fingerprint density at radius 3 is 2.52 bits per heavy atom. The van der Waals surface area contributed by atoms with Gasteiger partial charge in [0.15, 0.2) is 0 Å². The molecule has 118 valence electrons. The summed E-state index contributed by atoms with van der Waals surface area (Å²) in [6.45, 7) is 0. The van der Waals surface area contributed by atoms with Crippen LogP contribution >= 0.6 is 11.6 Å². The van der Waals surface area contributed by atoms with Crippen molar-refractivity contribution in [2.75, 3.05) is 7.11 Å². The van der Waals surface area contributed by atoms with Gasteiger partial charge in [-0.15, -0.1) is 0 Å². The third kappa shape index (κ3) is 2.97. The Kier molecular flexibility index (Phi) is 4.39. The van der Waals surface area contributed by atoms with E-state index in [1.165, 1.54) is 12.5 Å². The molecule has 3 nitrogen and oxygen atoms in total. The number of hydrogen-bond acceptors (Lipinski definition) is 2. The number of rotatable bonds is 4. The Morgan fingerprint density at radius 1 is 1.13 bits per heavy atom. The molecule has 3 rings (SSSR count). The summed E-state index contributed by atoms with van der Waals surface area (Å²) >= 11 is 6.01. The van der Waals surface area contributed by atoms with E-state index in [2.05, 4.69) is 16.7 Å². The lowest BCUT2D eigenvalue weighted by molar-refractivity contribution is -0.140. The number of aryl methyl sites for hydroxylation is 2. The van der Waals surface area contributed by atoms with Gasteiger partial charge in [0, 0.05) is 29.4 Å². The number of aromatic nitrogens is 1. The lowest BCUT2D eigenvalue weighted by Gasteiger charge is -2.08. The van der Waals surface area contributed by atoms with E-state index in [0.717, 1.165) is 22.3 Å². The third-order valence-electron chi connectivity index (χ3n) is 4.14. The molecule has 0 saturated carbocycles. The molecule has 0 aliphatic heterocycles. The van der Waals surface area contributed by atoms with Crippen LogP contribution in [0.25, 0.3) is 22.2 Å². The summed E-state index contributed by atoms with van der Waals surface area (Å²) in [6, 6.07) is 16.0. The summed E-state index contributed by atoms with van der Waals surface area (Å²) in [5.41, 5.74) is 4.52. The zero-order valence-electron chi connectivity index (χ0n) is 13.2. The number of halogens is 1. The zero-order chi connectivity index (χ0) is 16.4. The van der Waals surface area contributed by atoms with E-state index in [0.29, 0.717) is 17.9 Å². The van der Waals surface area contributed by atoms with Gasteiger partial charge in [0.1, 0.15) is 0 Å². The van der Waals surface area contributed by atoms with E-state index in [4.69, 9.17) is 16.3 Å². The second-order valence-electron chi connectivity index (χ2n) is 5.49. The largest absolute Gasteiger partial charge is 0.469 e. The third-order valence-corrected chi connectivity index (χ3v) is 4.39. The van der Waals surface area contributed by atoms with Crippen LogP contribution in [0.4, 0.5) is 0 Å². The number of methoxy groups -OCH3 is 1. The van der Waals surface area contributed by atoms with Gasteiger partial charge in [0.25, 0.3) is 0 Å². The number of esters is 1. The molecule has 0 spiro atoms. The molecular formula is C19H18ClNO2. The second-order valence-corrected chi connectivity index (χ2v) is 5.92. The molecule has 0 fully saturated rings. The summed E-state index contributed by atoms with van der Waals surface area (Å²) in [6.07, 6.45) is 1.01. The van der Waals surface area contributed by atoms with Crippen molar-refractivity contribution in [3.63, 3.8) is 0 Å². The van der Waals surface area contributed by atoms with Crippen LogP contribution in [0.5, 0.6) is 0 Å². The van der Waals surface area contributed by atoms with E-state index < -0.39 is 0 Å². The van der Waals surface area contributed by atoms with Gasteiger partial charge in [-0.2, -0.15) is 0 Å². The van der Waals surface area contributed by atoms with Crippen molar-refractivity contribution >= 4 is 28.5 Å². The summed E-state index contributed by atoms with van der Waals surface area (Å²) in [5, 5.41) is 1.88. The molecule has 0 unspecified atom stereocenters. The molecule has 0 bridgehead atoms. The number of carbonyl (C=O) groups excluding carboxylic acids is 1. The van der Waals surface area contributed by atoms with Crippen molar-refractivity contribution in [1.82, 2.24) is 4.57 Å². The monoisotopic (exact) mass is 327 g/mol. The fraction of sp³-hybridized carbons (Fsp3) is 0.211. The molecule has 0 amide bonds. The SMILES string of the molecule is COC(=O)CCc1c(-c2ccc(Cl)cc2)n(C)c2ccccc12. The molecule has 0 aliphatic rings. The average molecular weight is 328 g/mol. The van der Waals surface area contributed by atoms with Crippen LogP contribution in [0.1, 0.15) is 12.0 Å². The molecule has 1 aromatic heterocycles. The number of para-hydroxylation sites is 1. The number of ether oxygens (including phenoxy) is 1. The molecule has 3 aromatic rings. The molecule has 2 aromatic carbocycles. The summed E-state index contributed by atoms with van der Waals surface area (Å²) in [5.74, 6) is -0.194. The minimum absolute atomic E-state index is 0.194. The lowest BCUT2D eigenvalue weighted by Crippen LogP contribution is -2.03. The second kappa shape index (κ2) is 6.47. The van der Waals surface area contributed by atoms with E-state index >= 15 is 0 Å². The summed E-state index contributed by atoms with van der Waals surface area (Å²) in [7, 11) is 3.47. The van der Waals surface area contributed by atoms with Crippen molar-refractivity contribution in [1.29, 1.82) is 0 Å². The van der Waals surface area contributed by atoms with Crippen LogP contribution < -0.4 is 0 Å². The predicted octanol–water partition coefficient (Wildman–Crippen LogP) is 4.60. The number of nitrogens with zero attached hydrogens (tertiary/aromatic N) is 1. The van der Waals surface area contributed by atoms with Gasteiger partial charge in [0.05, 0.1) is 12.8 Å². The Morgan fingerprint density at radius 2 is 1.83 bits per heavy atom. The van der Waals surface area contributed by atoms with Crippen molar-refractivity contribution in [3.8, 4) is 11.3 Å². The first-order valence-corrected chi connectivity index (χ1v) is 7.88. The Hall–Kier alpha value is -2.26. The minimum Gasteiger partial charge on any atom is -0.469 e. The highest BCUT2D eigenvalue weighted by Crippen LogP contribution is 2.34. The van der Waals surface area contributed by atoms with Crippen LogP contribution in [0.15, 0.2) is 48.5 Å². The predicted molar refractivity (Wildman–Crippen MR) is 93.7 cm³/mol. The van der Waals surface area contributed by atoms with Crippen molar-refractivity contribution in [3.05, 3.63) is 59.1 Å². The zero-order valence-corrected chi connectivity index (χ0v) is 13.9. The Labute approximate surface area is 140 Å². The van der Waals surface area contributed by atoms with Crippen LogP contribution in [-0.4, -0.2) is 17.6 Å². The van der Waals surface area contributed by atoms with E-state index in [9.17, 15) is 4.79 Å². The quantitative estimate of drug-likeness (QED) is 0.655. The van der Waals surface area contributed by atoms with Crippen LogP contribution in [0.2, 0.25) is 5.02 Å². The van der Waals surface area contributed by atoms with E-state index in [1.807, 2.05) is 43.4 Å². The molecule has 0 radical (unpaired) electrons. The Balaban J connectivity index is 2.16. The van der Waals surface area contributed by atoms with Gasteiger partial charge in [-0.05, 0) is 35.7 Å². The molecule has 0 atom stereocenters. The highest BCUT2D eigenvalue weighted by Gasteiger charge is 2.17. The molecule has 0 saturated heterocycles. The minimum atomic E-state index is -0.194. The fourth-order valence-corrected chi connectivity index (χ4v) is 3.16. The van der Waals surface area contributed by atoms with Gasteiger partial charge in [0.2, 0.25) is 0 Å². The molecule has 0 aliphatic carbocycles. The first kappa shape index (κ1) is 15.6.